The lowest BCUT2D eigenvalue weighted by Crippen LogP contribution is -2.31. The van der Waals surface area contributed by atoms with Crippen LogP contribution < -0.4 is 0 Å². The molecule has 2 bridgehead atoms. The molecule has 3 atom stereocenters. The molecule has 60 valence electrons. The number of carboxylic acids is 1. The number of fused-ring (bicyclic) bond motifs is 2. The summed E-state index contributed by atoms with van der Waals surface area (Å²) in [4.78, 5) is 10.9. The highest BCUT2D eigenvalue weighted by atomic mass is 16.4. The van der Waals surface area contributed by atoms with Crippen LogP contribution >= 0.6 is 0 Å². The average Bonchev–Trinajstić information content (AvgIpc) is 2.45. The van der Waals surface area contributed by atoms with E-state index in [1.807, 2.05) is 6.92 Å². The smallest absolute Gasteiger partial charge is 0.309 e. The molecule has 1 N–H and O–H groups in total. The lowest BCUT2D eigenvalue weighted by molar-refractivity contribution is -0.149. The average molecular weight is 152 g/mol. The SMILES string of the molecule is CC1(C(=O)O)CC2C=C[C@@H]1C2. The van der Waals surface area contributed by atoms with Crippen molar-refractivity contribution in [3.05, 3.63) is 12.2 Å². The molecule has 2 unspecified atom stereocenters. The molecule has 2 heteroatoms. The molecule has 2 nitrogen and oxygen atoms in total. The van der Waals surface area contributed by atoms with Crippen molar-refractivity contribution in [3.63, 3.8) is 0 Å². The van der Waals surface area contributed by atoms with E-state index in [0.29, 0.717) is 11.8 Å². The summed E-state index contributed by atoms with van der Waals surface area (Å²) in [6, 6.07) is 0. The van der Waals surface area contributed by atoms with Crippen molar-refractivity contribution in [2.45, 2.75) is 19.8 Å². The molecule has 0 spiro atoms. The number of aliphatic carboxylic acids is 1. The Morgan fingerprint density at radius 3 is 2.64 bits per heavy atom. The van der Waals surface area contributed by atoms with Crippen LogP contribution in [0.3, 0.4) is 0 Å². The molecule has 0 aromatic rings. The zero-order valence-corrected chi connectivity index (χ0v) is 6.58. The summed E-state index contributed by atoms with van der Waals surface area (Å²) in [5.41, 5.74) is -0.459. The second-order valence-corrected chi connectivity index (χ2v) is 3.91. The van der Waals surface area contributed by atoms with Gasteiger partial charge >= 0.3 is 5.97 Å². The fourth-order valence-corrected chi connectivity index (χ4v) is 2.34. The van der Waals surface area contributed by atoms with Gasteiger partial charge in [-0.3, -0.25) is 4.79 Å². The zero-order valence-electron chi connectivity index (χ0n) is 6.58. The minimum absolute atomic E-state index is 0.296. The van der Waals surface area contributed by atoms with Gasteiger partial charge in [-0.05, 0) is 31.6 Å². The maximum Gasteiger partial charge on any atom is 0.309 e. The molecular weight excluding hydrogens is 140 g/mol. The van der Waals surface area contributed by atoms with E-state index < -0.39 is 11.4 Å². The van der Waals surface area contributed by atoms with Gasteiger partial charge in [0.05, 0.1) is 5.41 Å². The van der Waals surface area contributed by atoms with Crippen LogP contribution in [-0.4, -0.2) is 11.1 Å². The number of carboxylic acid groups (broad SMARTS) is 1. The molecule has 0 aliphatic heterocycles. The predicted molar refractivity (Wildman–Crippen MR) is 41.1 cm³/mol. The van der Waals surface area contributed by atoms with Gasteiger partial charge in [0.25, 0.3) is 0 Å². The number of hydrogen-bond donors (Lipinski definition) is 1. The Morgan fingerprint density at radius 1 is 1.64 bits per heavy atom. The van der Waals surface area contributed by atoms with Gasteiger partial charge in [-0.2, -0.15) is 0 Å². The molecule has 0 amide bonds. The van der Waals surface area contributed by atoms with Crippen molar-refractivity contribution in [2.75, 3.05) is 0 Å². The van der Waals surface area contributed by atoms with Gasteiger partial charge in [0.2, 0.25) is 0 Å². The summed E-state index contributed by atoms with van der Waals surface area (Å²) in [5.74, 6) is 0.209. The Kier molecular flexibility index (Phi) is 1.17. The normalized spacial score (nSPS) is 46.6. The van der Waals surface area contributed by atoms with E-state index in [1.165, 1.54) is 0 Å². The molecule has 2 aliphatic carbocycles. The van der Waals surface area contributed by atoms with E-state index in [1.54, 1.807) is 0 Å². The number of rotatable bonds is 1. The van der Waals surface area contributed by atoms with Gasteiger partial charge in [-0.25, -0.2) is 0 Å². The fourth-order valence-electron chi connectivity index (χ4n) is 2.34. The van der Waals surface area contributed by atoms with Crippen molar-refractivity contribution >= 4 is 5.97 Å². The maximum atomic E-state index is 10.9. The van der Waals surface area contributed by atoms with Gasteiger partial charge in [0.15, 0.2) is 0 Å². The molecule has 0 aromatic heterocycles. The Balaban J connectivity index is 2.30. The number of hydrogen-bond acceptors (Lipinski definition) is 1. The predicted octanol–water partition coefficient (Wildman–Crippen LogP) is 1.67. The van der Waals surface area contributed by atoms with E-state index in [2.05, 4.69) is 12.2 Å². The highest BCUT2D eigenvalue weighted by Gasteiger charge is 2.50. The monoisotopic (exact) mass is 152 g/mol. The summed E-state index contributed by atoms with van der Waals surface area (Å²) in [7, 11) is 0. The molecule has 2 rings (SSSR count). The zero-order chi connectivity index (χ0) is 8.06. The highest BCUT2D eigenvalue weighted by Crippen LogP contribution is 2.51. The highest BCUT2D eigenvalue weighted by molar-refractivity contribution is 5.76. The third-order valence-electron chi connectivity index (χ3n) is 3.17. The Labute approximate surface area is 65.9 Å². The van der Waals surface area contributed by atoms with Crippen molar-refractivity contribution in [1.29, 1.82) is 0 Å². The largest absolute Gasteiger partial charge is 0.481 e. The molecule has 0 heterocycles. The first kappa shape index (κ1) is 6.89. The van der Waals surface area contributed by atoms with E-state index in [4.69, 9.17) is 5.11 Å². The number of carbonyl (C=O) groups is 1. The van der Waals surface area contributed by atoms with E-state index in [-0.39, 0.29) is 0 Å². The first-order valence-corrected chi connectivity index (χ1v) is 4.04. The van der Waals surface area contributed by atoms with E-state index >= 15 is 0 Å². The van der Waals surface area contributed by atoms with Crippen molar-refractivity contribution < 1.29 is 9.90 Å². The van der Waals surface area contributed by atoms with Crippen LogP contribution in [-0.2, 0) is 4.79 Å². The van der Waals surface area contributed by atoms with Gasteiger partial charge in [-0.1, -0.05) is 12.2 Å². The Bertz CT molecular complexity index is 232. The molecule has 0 saturated heterocycles. The van der Waals surface area contributed by atoms with Crippen LogP contribution in [0.5, 0.6) is 0 Å². The molecular formula is C9H12O2. The third kappa shape index (κ3) is 0.753. The Morgan fingerprint density at radius 2 is 2.36 bits per heavy atom. The quantitative estimate of drug-likeness (QED) is 0.580. The molecule has 11 heavy (non-hydrogen) atoms. The molecule has 0 radical (unpaired) electrons. The van der Waals surface area contributed by atoms with Crippen molar-refractivity contribution in [2.24, 2.45) is 17.3 Å². The summed E-state index contributed by atoms with van der Waals surface area (Å²) < 4.78 is 0. The minimum atomic E-state index is -0.630. The second kappa shape index (κ2) is 1.87. The summed E-state index contributed by atoms with van der Waals surface area (Å²) in [6.07, 6.45) is 6.13. The van der Waals surface area contributed by atoms with Gasteiger partial charge in [-0.15, -0.1) is 0 Å². The van der Waals surface area contributed by atoms with Gasteiger partial charge < -0.3 is 5.11 Å². The van der Waals surface area contributed by atoms with Crippen molar-refractivity contribution in [3.8, 4) is 0 Å². The third-order valence-corrected chi connectivity index (χ3v) is 3.17. The summed E-state index contributed by atoms with van der Waals surface area (Å²) in [6.45, 7) is 1.86. The first-order chi connectivity index (χ1) is 5.13. The van der Waals surface area contributed by atoms with E-state index in [0.717, 1.165) is 12.8 Å². The number of allylic oxidation sites excluding steroid dienone is 2. The summed E-state index contributed by atoms with van der Waals surface area (Å²) in [5, 5.41) is 8.96. The first-order valence-electron chi connectivity index (χ1n) is 4.04. The van der Waals surface area contributed by atoms with Gasteiger partial charge in [0, 0.05) is 0 Å². The topological polar surface area (TPSA) is 37.3 Å². The van der Waals surface area contributed by atoms with Crippen LogP contribution in [0.25, 0.3) is 0 Å². The Hall–Kier alpha value is -0.790. The van der Waals surface area contributed by atoms with Crippen LogP contribution in [0.2, 0.25) is 0 Å². The molecule has 0 aromatic carbocycles. The van der Waals surface area contributed by atoms with Crippen molar-refractivity contribution in [1.82, 2.24) is 0 Å². The summed E-state index contributed by atoms with van der Waals surface area (Å²) >= 11 is 0. The maximum absolute atomic E-state index is 10.9. The lowest BCUT2D eigenvalue weighted by Gasteiger charge is -2.25. The van der Waals surface area contributed by atoms with E-state index in [9.17, 15) is 4.79 Å². The van der Waals surface area contributed by atoms with Crippen LogP contribution in [0.4, 0.5) is 0 Å². The van der Waals surface area contributed by atoms with Crippen LogP contribution in [0.1, 0.15) is 19.8 Å². The minimum Gasteiger partial charge on any atom is -0.481 e. The second-order valence-electron chi connectivity index (χ2n) is 3.91. The standard InChI is InChI=1S/C9H12O2/c1-9(8(10)11)5-6-2-3-7(9)4-6/h2-3,6-7H,4-5H2,1H3,(H,10,11)/t6?,7-,9?/m1/s1. The fraction of sp³-hybridized carbons (Fsp3) is 0.667. The van der Waals surface area contributed by atoms with Crippen LogP contribution in [0.15, 0.2) is 12.2 Å². The molecule has 2 aliphatic rings. The van der Waals surface area contributed by atoms with Crippen LogP contribution in [0, 0.1) is 17.3 Å². The lowest BCUT2D eigenvalue weighted by atomic mass is 9.78. The molecule has 1 saturated carbocycles. The molecule has 1 fully saturated rings. The van der Waals surface area contributed by atoms with Gasteiger partial charge in [0.1, 0.15) is 0 Å².